The highest BCUT2D eigenvalue weighted by Gasteiger charge is 2.32. The van der Waals surface area contributed by atoms with Crippen molar-refractivity contribution in [1.82, 2.24) is 9.55 Å². The lowest BCUT2D eigenvalue weighted by atomic mass is 9.77. The van der Waals surface area contributed by atoms with E-state index in [-0.39, 0.29) is 16.2 Å². The number of rotatable bonds is 12. The third-order valence-electron chi connectivity index (χ3n) is 14.5. The summed E-state index contributed by atoms with van der Waals surface area (Å²) in [7, 11) is 0. The second-order valence-electron chi connectivity index (χ2n) is 19.2. The van der Waals surface area contributed by atoms with Gasteiger partial charge in [-0.1, -0.05) is 129 Å². The van der Waals surface area contributed by atoms with Gasteiger partial charge in [0.05, 0.1) is 22.4 Å². The van der Waals surface area contributed by atoms with Crippen LogP contribution in [0.1, 0.15) is 105 Å². The van der Waals surface area contributed by atoms with Crippen molar-refractivity contribution >= 4 is 44.6 Å². The minimum atomic E-state index is -0.0305. The molecule has 320 valence electrons. The Morgan fingerprint density at radius 2 is 1.10 bits per heavy atom. The van der Waals surface area contributed by atoms with Gasteiger partial charge in [0.15, 0.2) is 0 Å². The van der Waals surface area contributed by atoms with Crippen molar-refractivity contribution in [3.05, 3.63) is 168 Å². The smallest absolute Gasteiger partial charge is 0.137 e. The first kappa shape index (κ1) is 42.0. The van der Waals surface area contributed by atoms with Gasteiger partial charge in [0.25, 0.3) is 0 Å². The van der Waals surface area contributed by atoms with Crippen LogP contribution in [-0.4, -0.2) is 16.2 Å². The number of hydrogen-bond acceptors (Lipinski definition) is 4. The van der Waals surface area contributed by atoms with E-state index in [9.17, 15) is 0 Å². The molecule has 0 aliphatic carbocycles. The van der Waals surface area contributed by atoms with Crippen LogP contribution in [0.15, 0.2) is 152 Å². The van der Waals surface area contributed by atoms with Gasteiger partial charge >= 0.3 is 0 Å². The molecule has 1 aliphatic heterocycles. The van der Waals surface area contributed by atoms with E-state index in [1.54, 1.807) is 0 Å². The normalized spacial score (nSPS) is 13.3. The summed E-state index contributed by atoms with van der Waals surface area (Å²) in [5.74, 6) is 2.55. The molecule has 0 amide bonds. The van der Waals surface area contributed by atoms with Crippen molar-refractivity contribution in [2.24, 2.45) is 0 Å². The minimum absolute atomic E-state index is 0.0206. The van der Waals surface area contributed by atoms with Crippen LogP contribution >= 0.6 is 0 Å². The quantitative estimate of drug-likeness (QED) is 0.123. The van der Waals surface area contributed by atoms with Gasteiger partial charge in [-0.15, -0.1) is 0 Å². The molecule has 8 aromatic rings. The molecule has 0 saturated heterocycles. The van der Waals surface area contributed by atoms with Crippen molar-refractivity contribution < 1.29 is 4.74 Å². The van der Waals surface area contributed by atoms with Crippen molar-refractivity contribution in [2.45, 2.75) is 104 Å². The molecule has 0 fully saturated rings. The number of para-hydroxylation sites is 3. The number of ether oxygens (including phenoxy) is 1. The molecule has 3 heterocycles. The molecule has 5 heteroatoms. The highest BCUT2D eigenvalue weighted by Crippen LogP contribution is 2.48. The summed E-state index contributed by atoms with van der Waals surface area (Å²) >= 11 is 0. The number of fused-ring (bicyclic) bond motifs is 4. The topological polar surface area (TPSA) is 33.5 Å². The predicted molar refractivity (Wildman–Crippen MR) is 267 cm³/mol. The van der Waals surface area contributed by atoms with Crippen LogP contribution in [0.5, 0.6) is 11.5 Å². The van der Waals surface area contributed by atoms with Crippen molar-refractivity contribution in [1.29, 1.82) is 0 Å². The second kappa shape index (κ2) is 16.4. The first-order valence-corrected chi connectivity index (χ1v) is 23.0. The zero-order valence-corrected chi connectivity index (χ0v) is 38.7. The Morgan fingerprint density at radius 1 is 0.492 bits per heavy atom. The molecule has 0 N–H and O–H groups in total. The van der Waals surface area contributed by atoms with E-state index in [0.717, 1.165) is 59.7 Å². The monoisotopic (exact) mass is 830 g/mol. The van der Waals surface area contributed by atoms with Crippen LogP contribution in [0.2, 0.25) is 0 Å². The van der Waals surface area contributed by atoms with Crippen LogP contribution in [0.25, 0.3) is 38.8 Å². The average Bonchev–Trinajstić information content (AvgIpc) is 3.87. The van der Waals surface area contributed by atoms with Gasteiger partial charge in [0.2, 0.25) is 0 Å². The fraction of sp³-hybridized carbons (Fsp3) is 0.293. The lowest BCUT2D eigenvalue weighted by molar-refractivity contribution is 0.432. The molecular weight excluding hydrogens is 769 g/mol. The van der Waals surface area contributed by atoms with Gasteiger partial charge in [0, 0.05) is 40.5 Å². The van der Waals surface area contributed by atoms with E-state index < -0.39 is 0 Å². The number of aromatic nitrogens is 2. The van der Waals surface area contributed by atoms with E-state index >= 15 is 0 Å². The molecule has 9 rings (SSSR count). The Kier molecular flexibility index (Phi) is 10.9. The summed E-state index contributed by atoms with van der Waals surface area (Å²) in [5.41, 5.74) is 13.3. The van der Waals surface area contributed by atoms with E-state index in [4.69, 9.17) is 9.72 Å². The molecule has 0 radical (unpaired) electrons. The molecule has 2 aromatic heterocycles. The molecule has 0 spiro atoms. The summed E-state index contributed by atoms with van der Waals surface area (Å²) in [4.78, 5) is 9.92. The molecule has 63 heavy (non-hydrogen) atoms. The van der Waals surface area contributed by atoms with Crippen molar-refractivity contribution in [3.8, 4) is 28.4 Å². The molecule has 6 aromatic carbocycles. The summed E-state index contributed by atoms with van der Waals surface area (Å²) in [6, 6.07) is 53.3. The van der Waals surface area contributed by atoms with Gasteiger partial charge in [-0.25, -0.2) is 4.98 Å². The highest BCUT2D eigenvalue weighted by molar-refractivity contribution is 6.09. The zero-order chi connectivity index (χ0) is 44.1. The largest absolute Gasteiger partial charge is 0.457 e. The SMILES string of the molecule is CCC(C)(CC)c1cc(Oc2ccc3c4ccccc4n(-c4cc(C(C)(CC)CC)ccn4)c3c2)cc(N2CN(c3cc(-c4ccccc4)cc(C(C)(C)C)c3)c3ccccc32)c1. The van der Waals surface area contributed by atoms with Crippen molar-refractivity contribution in [3.63, 3.8) is 0 Å². The Balaban J connectivity index is 1.15. The van der Waals surface area contributed by atoms with Crippen LogP contribution in [0, 0.1) is 0 Å². The Morgan fingerprint density at radius 3 is 1.78 bits per heavy atom. The number of hydrogen-bond donors (Lipinski definition) is 0. The maximum Gasteiger partial charge on any atom is 0.137 e. The molecular formula is C58H62N4O. The number of benzene rings is 6. The Bertz CT molecular complexity index is 2930. The summed E-state index contributed by atoms with van der Waals surface area (Å²) in [6.07, 6.45) is 6.14. The van der Waals surface area contributed by atoms with Gasteiger partial charge in [0.1, 0.15) is 24.0 Å². The van der Waals surface area contributed by atoms with Crippen LogP contribution < -0.4 is 14.5 Å². The van der Waals surface area contributed by atoms with E-state index in [2.05, 4.69) is 222 Å². The average molecular weight is 831 g/mol. The summed E-state index contributed by atoms with van der Waals surface area (Å²) in [6.45, 7) is 21.5. The molecule has 0 saturated carbocycles. The number of nitrogens with zero attached hydrogens (tertiary/aromatic N) is 4. The van der Waals surface area contributed by atoms with E-state index in [1.807, 2.05) is 6.20 Å². The van der Waals surface area contributed by atoms with Crippen LogP contribution in [-0.2, 0) is 16.2 Å². The Hall–Kier alpha value is -6.33. The first-order valence-electron chi connectivity index (χ1n) is 23.0. The van der Waals surface area contributed by atoms with Gasteiger partial charge < -0.3 is 14.5 Å². The standard InChI is InChI=1S/C58H62N4O/c1-10-57(8,11-2)42-29-30-59-55(36-42)62-51-24-18-17-23-49(51)50-28-27-47(38-54(50)62)63-48-35-44(58(9,12-3)13-4)34-46(37-48)61-39-60(52-25-19-20-26-53(52)61)45-32-41(40-21-15-14-16-22-40)31-43(33-45)56(5,6)7/h14-38H,10-13,39H2,1-9H3. The number of anilines is 4. The molecule has 0 atom stereocenters. The zero-order valence-electron chi connectivity index (χ0n) is 38.7. The van der Waals surface area contributed by atoms with Crippen molar-refractivity contribution in [2.75, 3.05) is 16.5 Å². The lowest BCUT2D eigenvalue weighted by Crippen LogP contribution is -2.25. The Labute approximate surface area is 375 Å². The summed E-state index contributed by atoms with van der Waals surface area (Å²) < 4.78 is 9.37. The fourth-order valence-electron chi connectivity index (χ4n) is 9.43. The lowest BCUT2D eigenvalue weighted by Gasteiger charge is -2.30. The molecule has 1 aliphatic rings. The van der Waals surface area contributed by atoms with Crippen LogP contribution in [0.4, 0.5) is 22.7 Å². The number of pyridine rings is 1. The second-order valence-corrected chi connectivity index (χ2v) is 19.2. The maximum atomic E-state index is 7.05. The third kappa shape index (κ3) is 7.66. The minimum Gasteiger partial charge on any atom is -0.457 e. The predicted octanol–water partition coefficient (Wildman–Crippen LogP) is 16.3. The van der Waals surface area contributed by atoms with Gasteiger partial charge in [-0.2, -0.15) is 0 Å². The molecule has 5 nitrogen and oxygen atoms in total. The van der Waals surface area contributed by atoms with Gasteiger partial charge in [-0.3, -0.25) is 4.57 Å². The highest BCUT2D eigenvalue weighted by atomic mass is 16.5. The molecule has 0 unspecified atom stereocenters. The fourth-order valence-corrected chi connectivity index (χ4v) is 9.43. The van der Waals surface area contributed by atoms with Gasteiger partial charge in [-0.05, 0) is 136 Å². The maximum absolute atomic E-state index is 7.05. The first-order chi connectivity index (χ1) is 30.4. The molecule has 0 bridgehead atoms. The van der Waals surface area contributed by atoms with E-state index in [1.165, 1.54) is 55.7 Å². The summed E-state index contributed by atoms with van der Waals surface area (Å²) in [5, 5.41) is 2.38. The van der Waals surface area contributed by atoms with E-state index in [0.29, 0.717) is 6.67 Å². The van der Waals surface area contributed by atoms with Crippen LogP contribution in [0.3, 0.4) is 0 Å². The third-order valence-corrected chi connectivity index (χ3v) is 14.5.